The lowest BCUT2D eigenvalue weighted by Gasteiger charge is -2.36. The van der Waals surface area contributed by atoms with Gasteiger partial charge in [0.05, 0.1) is 5.56 Å². The molecule has 0 radical (unpaired) electrons. The van der Waals surface area contributed by atoms with Gasteiger partial charge in [0.2, 0.25) is 5.91 Å². The molecular formula is C17H25N3O2S. The molecule has 2 N–H and O–H groups in total. The lowest BCUT2D eigenvalue weighted by molar-refractivity contribution is -0.134. The first-order chi connectivity index (χ1) is 11.1. The molecule has 6 heteroatoms. The Kier molecular flexibility index (Phi) is 5.33. The third-order valence-corrected chi connectivity index (χ3v) is 5.78. The summed E-state index contributed by atoms with van der Waals surface area (Å²) in [7, 11) is 0. The SMILES string of the molecule is NC1CCCCC1CC(=O)N1CCN(C(=O)c2ccsc2)CC1. The van der Waals surface area contributed by atoms with Gasteiger partial charge in [0.15, 0.2) is 0 Å². The Morgan fingerprint density at radius 3 is 2.48 bits per heavy atom. The second-order valence-electron chi connectivity index (χ2n) is 6.60. The molecule has 1 aromatic heterocycles. The van der Waals surface area contributed by atoms with E-state index in [2.05, 4.69) is 0 Å². The van der Waals surface area contributed by atoms with Gasteiger partial charge in [-0.2, -0.15) is 11.3 Å². The summed E-state index contributed by atoms with van der Waals surface area (Å²) in [6, 6.07) is 2.03. The molecule has 2 heterocycles. The van der Waals surface area contributed by atoms with Gasteiger partial charge in [-0.15, -0.1) is 0 Å². The van der Waals surface area contributed by atoms with Crippen molar-refractivity contribution in [3.8, 4) is 0 Å². The standard InChI is InChI=1S/C17H25N3O2S/c18-15-4-2-1-3-13(15)11-16(21)19-6-8-20(9-7-19)17(22)14-5-10-23-12-14/h5,10,12-13,15H,1-4,6-9,11,18H2. The van der Waals surface area contributed by atoms with Crippen LogP contribution in [0.1, 0.15) is 42.5 Å². The number of hydrogen-bond acceptors (Lipinski definition) is 4. The lowest BCUT2D eigenvalue weighted by Crippen LogP contribution is -2.51. The fraction of sp³-hybridized carbons (Fsp3) is 0.647. The van der Waals surface area contributed by atoms with E-state index in [0.717, 1.165) is 18.4 Å². The van der Waals surface area contributed by atoms with Crippen molar-refractivity contribution in [1.82, 2.24) is 9.80 Å². The maximum absolute atomic E-state index is 12.5. The minimum absolute atomic E-state index is 0.0765. The average molecular weight is 335 g/mol. The Bertz CT molecular complexity index is 538. The van der Waals surface area contributed by atoms with Crippen molar-refractivity contribution in [2.24, 2.45) is 11.7 Å². The van der Waals surface area contributed by atoms with Crippen molar-refractivity contribution in [3.63, 3.8) is 0 Å². The van der Waals surface area contributed by atoms with Crippen molar-refractivity contribution >= 4 is 23.2 Å². The monoisotopic (exact) mass is 335 g/mol. The predicted octanol–water partition coefficient (Wildman–Crippen LogP) is 1.94. The number of thiophene rings is 1. The Hall–Kier alpha value is -1.40. The zero-order valence-electron chi connectivity index (χ0n) is 13.4. The highest BCUT2D eigenvalue weighted by molar-refractivity contribution is 7.08. The normalized spacial score (nSPS) is 25.4. The highest BCUT2D eigenvalue weighted by Crippen LogP contribution is 2.26. The summed E-state index contributed by atoms with van der Waals surface area (Å²) in [5, 5.41) is 3.80. The van der Waals surface area contributed by atoms with Gasteiger partial charge in [-0.1, -0.05) is 12.8 Å². The predicted molar refractivity (Wildman–Crippen MR) is 91.4 cm³/mol. The van der Waals surface area contributed by atoms with Gasteiger partial charge in [0.25, 0.3) is 5.91 Å². The van der Waals surface area contributed by atoms with Crippen LogP contribution in [0.3, 0.4) is 0 Å². The van der Waals surface area contributed by atoms with Crippen LogP contribution in [0.4, 0.5) is 0 Å². The first-order valence-electron chi connectivity index (χ1n) is 8.50. The molecule has 0 bridgehead atoms. The smallest absolute Gasteiger partial charge is 0.254 e. The van der Waals surface area contributed by atoms with Crippen LogP contribution in [0.2, 0.25) is 0 Å². The van der Waals surface area contributed by atoms with E-state index < -0.39 is 0 Å². The van der Waals surface area contributed by atoms with Gasteiger partial charge in [0, 0.05) is 44.0 Å². The van der Waals surface area contributed by atoms with Gasteiger partial charge >= 0.3 is 0 Å². The van der Waals surface area contributed by atoms with E-state index in [4.69, 9.17) is 5.73 Å². The maximum atomic E-state index is 12.5. The van der Waals surface area contributed by atoms with Crippen LogP contribution < -0.4 is 5.73 Å². The summed E-state index contributed by atoms with van der Waals surface area (Å²) in [5.74, 6) is 0.615. The summed E-state index contributed by atoms with van der Waals surface area (Å²) >= 11 is 1.53. The average Bonchev–Trinajstić information content (AvgIpc) is 3.11. The Morgan fingerprint density at radius 2 is 1.83 bits per heavy atom. The molecule has 0 aromatic carbocycles. The molecule has 0 spiro atoms. The van der Waals surface area contributed by atoms with Gasteiger partial charge in [-0.25, -0.2) is 0 Å². The van der Waals surface area contributed by atoms with Gasteiger partial charge < -0.3 is 15.5 Å². The van der Waals surface area contributed by atoms with Gasteiger partial charge in [0.1, 0.15) is 0 Å². The largest absolute Gasteiger partial charge is 0.339 e. The zero-order chi connectivity index (χ0) is 16.2. The number of piperazine rings is 1. The van der Waals surface area contributed by atoms with Gasteiger partial charge in [-0.3, -0.25) is 9.59 Å². The molecule has 1 aliphatic carbocycles. The molecular weight excluding hydrogens is 310 g/mol. The molecule has 5 nitrogen and oxygen atoms in total. The van der Waals surface area contributed by atoms with Gasteiger partial charge in [-0.05, 0) is 30.2 Å². The van der Waals surface area contributed by atoms with Crippen LogP contribution in [0, 0.1) is 5.92 Å². The van der Waals surface area contributed by atoms with E-state index in [-0.39, 0.29) is 17.9 Å². The van der Waals surface area contributed by atoms with Crippen LogP contribution >= 0.6 is 11.3 Å². The van der Waals surface area contributed by atoms with E-state index in [9.17, 15) is 9.59 Å². The summed E-state index contributed by atoms with van der Waals surface area (Å²) in [6.07, 6.45) is 5.06. The fourth-order valence-corrected chi connectivity index (χ4v) is 4.20. The Balaban J connectivity index is 1.48. The highest BCUT2D eigenvalue weighted by Gasteiger charge is 2.29. The third kappa shape index (κ3) is 3.93. The maximum Gasteiger partial charge on any atom is 0.254 e. The molecule has 2 fully saturated rings. The highest BCUT2D eigenvalue weighted by atomic mass is 32.1. The Labute approximate surface area is 141 Å². The molecule has 2 amide bonds. The summed E-state index contributed by atoms with van der Waals surface area (Å²) < 4.78 is 0. The number of hydrogen-bond donors (Lipinski definition) is 1. The number of carbonyl (C=O) groups excluding carboxylic acids is 2. The van der Waals surface area contributed by atoms with E-state index in [1.54, 1.807) is 0 Å². The first kappa shape index (κ1) is 16.5. The molecule has 2 aliphatic rings. The molecule has 2 atom stereocenters. The van der Waals surface area contributed by atoms with E-state index in [0.29, 0.717) is 38.5 Å². The molecule has 2 unspecified atom stereocenters. The van der Waals surface area contributed by atoms with Crippen molar-refractivity contribution < 1.29 is 9.59 Å². The molecule has 1 saturated heterocycles. The lowest BCUT2D eigenvalue weighted by atomic mass is 9.82. The minimum Gasteiger partial charge on any atom is -0.339 e. The number of nitrogens with two attached hydrogens (primary N) is 1. The molecule has 1 saturated carbocycles. The van der Waals surface area contributed by atoms with Crippen LogP contribution in [-0.4, -0.2) is 53.8 Å². The van der Waals surface area contributed by atoms with Crippen LogP contribution in [0.25, 0.3) is 0 Å². The van der Waals surface area contributed by atoms with E-state index in [1.165, 1.54) is 24.2 Å². The second-order valence-corrected chi connectivity index (χ2v) is 7.38. The Morgan fingerprint density at radius 1 is 1.13 bits per heavy atom. The van der Waals surface area contributed by atoms with Crippen molar-refractivity contribution in [1.29, 1.82) is 0 Å². The minimum atomic E-state index is 0.0765. The van der Waals surface area contributed by atoms with Crippen molar-refractivity contribution in [2.75, 3.05) is 26.2 Å². The zero-order valence-corrected chi connectivity index (χ0v) is 14.3. The van der Waals surface area contributed by atoms with E-state index >= 15 is 0 Å². The summed E-state index contributed by atoms with van der Waals surface area (Å²) in [5.41, 5.74) is 6.90. The number of rotatable bonds is 3. The number of carbonyl (C=O) groups is 2. The molecule has 23 heavy (non-hydrogen) atoms. The number of amides is 2. The van der Waals surface area contributed by atoms with Crippen molar-refractivity contribution in [3.05, 3.63) is 22.4 Å². The molecule has 3 rings (SSSR count). The summed E-state index contributed by atoms with van der Waals surface area (Å²) in [6.45, 7) is 2.52. The fourth-order valence-electron chi connectivity index (χ4n) is 3.57. The molecule has 1 aromatic rings. The molecule has 1 aliphatic heterocycles. The van der Waals surface area contributed by atoms with E-state index in [1.807, 2.05) is 26.6 Å². The summed E-state index contributed by atoms with van der Waals surface area (Å²) in [4.78, 5) is 28.5. The quantitative estimate of drug-likeness (QED) is 0.918. The first-order valence-corrected chi connectivity index (χ1v) is 9.44. The number of nitrogens with zero attached hydrogens (tertiary/aromatic N) is 2. The topological polar surface area (TPSA) is 66.6 Å². The second kappa shape index (κ2) is 7.45. The van der Waals surface area contributed by atoms with Crippen molar-refractivity contribution in [2.45, 2.75) is 38.1 Å². The van der Waals surface area contributed by atoms with Crippen LogP contribution in [0.5, 0.6) is 0 Å². The van der Waals surface area contributed by atoms with Crippen LogP contribution in [0.15, 0.2) is 16.8 Å². The molecule has 126 valence electrons. The third-order valence-electron chi connectivity index (χ3n) is 5.09. The van der Waals surface area contributed by atoms with Crippen LogP contribution in [-0.2, 0) is 4.79 Å².